The summed E-state index contributed by atoms with van der Waals surface area (Å²) in [6.45, 7) is 8.46. The predicted molar refractivity (Wildman–Crippen MR) is 64.6 cm³/mol. The number of hydrogen-bond acceptors (Lipinski definition) is 3. The molecule has 0 saturated heterocycles. The minimum absolute atomic E-state index is 0.220. The van der Waals surface area contributed by atoms with Crippen molar-refractivity contribution in [3.8, 4) is 0 Å². The molecule has 0 amide bonds. The Morgan fingerprint density at radius 2 is 1.94 bits per heavy atom. The Morgan fingerprint density at radius 1 is 1.44 bits per heavy atom. The molecule has 4 nitrogen and oxygen atoms in total. The monoisotopic (exact) mass is 231 g/mol. The Morgan fingerprint density at radius 3 is 2.25 bits per heavy atom. The number of hydrogen-bond donors (Lipinski definition) is 1. The lowest BCUT2D eigenvalue weighted by Crippen LogP contribution is -2.55. The van der Waals surface area contributed by atoms with E-state index in [0.29, 0.717) is 18.9 Å². The third-order valence-electron chi connectivity index (χ3n) is 3.61. The highest BCUT2D eigenvalue weighted by Crippen LogP contribution is 2.24. The maximum atomic E-state index is 11.4. The molecule has 2 unspecified atom stereocenters. The predicted octanol–water partition coefficient (Wildman–Crippen LogP) is 1.84. The molecule has 0 aromatic heterocycles. The van der Waals surface area contributed by atoms with Gasteiger partial charge in [-0.2, -0.15) is 0 Å². The van der Waals surface area contributed by atoms with E-state index < -0.39 is 11.5 Å². The van der Waals surface area contributed by atoms with Crippen molar-refractivity contribution < 1.29 is 14.6 Å². The van der Waals surface area contributed by atoms with Crippen LogP contribution in [-0.4, -0.2) is 48.3 Å². The molecule has 0 bridgehead atoms. The van der Waals surface area contributed by atoms with Crippen LogP contribution in [0.5, 0.6) is 0 Å². The van der Waals surface area contributed by atoms with Crippen LogP contribution in [0.1, 0.15) is 34.1 Å². The summed E-state index contributed by atoms with van der Waals surface area (Å²) >= 11 is 0. The van der Waals surface area contributed by atoms with Gasteiger partial charge < -0.3 is 9.84 Å². The van der Waals surface area contributed by atoms with Crippen LogP contribution in [0.25, 0.3) is 0 Å². The van der Waals surface area contributed by atoms with Crippen LogP contribution in [0.3, 0.4) is 0 Å². The molecule has 0 aliphatic carbocycles. The van der Waals surface area contributed by atoms with Crippen LogP contribution >= 0.6 is 0 Å². The van der Waals surface area contributed by atoms with Gasteiger partial charge >= 0.3 is 5.97 Å². The van der Waals surface area contributed by atoms with Crippen LogP contribution in [0.4, 0.5) is 0 Å². The second-order valence-electron chi connectivity index (χ2n) is 4.92. The van der Waals surface area contributed by atoms with Crippen LogP contribution in [-0.2, 0) is 9.53 Å². The van der Waals surface area contributed by atoms with E-state index in [1.54, 1.807) is 14.0 Å². The number of carboxylic acids is 1. The van der Waals surface area contributed by atoms with Gasteiger partial charge in [-0.1, -0.05) is 13.8 Å². The second-order valence-corrected chi connectivity index (χ2v) is 4.92. The molecule has 0 aliphatic rings. The van der Waals surface area contributed by atoms with Crippen LogP contribution in [0, 0.1) is 5.92 Å². The summed E-state index contributed by atoms with van der Waals surface area (Å²) in [7, 11) is 3.46. The number of nitrogens with zero attached hydrogens (tertiary/aromatic N) is 1. The fraction of sp³-hybridized carbons (Fsp3) is 0.917. The van der Waals surface area contributed by atoms with Gasteiger partial charge in [0.25, 0.3) is 0 Å². The molecule has 16 heavy (non-hydrogen) atoms. The first-order valence-electron chi connectivity index (χ1n) is 5.72. The first-order valence-corrected chi connectivity index (χ1v) is 5.72. The lowest BCUT2D eigenvalue weighted by Gasteiger charge is -2.40. The van der Waals surface area contributed by atoms with Gasteiger partial charge in [0.05, 0.1) is 0 Å². The number of carbonyl (C=O) groups is 1. The van der Waals surface area contributed by atoms with Gasteiger partial charge in [0.2, 0.25) is 0 Å². The van der Waals surface area contributed by atoms with E-state index in [2.05, 4.69) is 20.8 Å². The molecule has 0 aliphatic heterocycles. The van der Waals surface area contributed by atoms with E-state index in [0.717, 1.165) is 0 Å². The van der Waals surface area contributed by atoms with Crippen molar-refractivity contribution in [3.63, 3.8) is 0 Å². The Balaban J connectivity index is 4.82. The molecule has 0 fully saturated rings. The number of methoxy groups -OCH3 is 1. The molecule has 0 saturated carbocycles. The fourth-order valence-electron chi connectivity index (χ4n) is 1.63. The third kappa shape index (κ3) is 3.46. The number of likely N-dealkylation sites (N-methyl/N-ethyl adjacent to an activating group) is 1. The summed E-state index contributed by atoms with van der Waals surface area (Å²) in [6.07, 6.45) is 0.492. The molecular weight excluding hydrogens is 206 g/mol. The summed E-state index contributed by atoms with van der Waals surface area (Å²) in [5.41, 5.74) is -0.861. The van der Waals surface area contributed by atoms with E-state index in [-0.39, 0.29) is 6.04 Å². The normalized spacial score (nSPS) is 17.5. The van der Waals surface area contributed by atoms with Crippen LogP contribution in [0.2, 0.25) is 0 Å². The molecular formula is C12H25NO3. The van der Waals surface area contributed by atoms with E-state index in [9.17, 15) is 9.90 Å². The summed E-state index contributed by atoms with van der Waals surface area (Å²) < 4.78 is 4.99. The summed E-state index contributed by atoms with van der Waals surface area (Å²) in [4.78, 5) is 13.3. The highest BCUT2D eigenvalue weighted by atomic mass is 16.5. The van der Waals surface area contributed by atoms with Gasteiger partial charge in [-0.15, -0.1) is 0 Å². The Bertz CT molecular complexity index is 230. The van der Waals surface area contributed by atoms with Crippen molar-refractivity contribution in [2.45, 2.75) is 45.7 Å². The zero-order chi connectivity index (χ0) is 12.9. The third-order valence-corrected chi connectivity index (χ3v) is 3.61. The lowest BCUT2D eigenvalue weighted by atomic mass is 9.92. The van der Waals surface area contributed by atoms with E-state index in [4.69, 9.17) is 4.74 Å². The summed E-state index contributed by atoms with van der Waals surface area (Å²) in [6, 6.07) is 0.220. The fourth-order valence-corrected chi connectivity index (χ4v) is 1.63. The molecule has 96 valence electrons. The zero-order valence-corrected chi connectivity index (χ0v) is 11.3. The summed E-state index contributed by atoms with van der Waals surface area (Å²) in [5.74, 6) is -0.370. The quantitative estimate of drug-likeness (QED) is 0.726. The van der Waals surface area contributed by atoms with E-state index in [1.807, 2.05) is 11.9 Å². The average Bonchev–Trinajstić information content (AvgIpc) is 2.23. The van der Waals surface area contributed by atoms with E-state index >= 15 is 0 Å². The van der Waals surface area contributed by atoms with E-state index in [1.165, 1.54) is 0 Å². The Hall–Kier alpha value is -0.610. The molecule has 0 rings (SSSR count). The van der Waals surface area contributed by atoms with Crippen molar-refractivity contribution in [2.24, 2.45) is 5.92 Å². The molecule has 4 heteroatoms. The highest BCUT2D eigenvalue weighted by Gasteiger charge is 2.39. The standard InChI is InChI=1S/C12H25NO3/c1-9(2)10(3)13(5)12(4,11(14)15)7-8-16-6/h9-10H,7-8H2,1-6H3,(H,14,15). The maximum Gasteiger partial charge on any atom is 0.323 e. The number of ether oxygens (including phenoxy) is 1. The number of rotatable bonds is 7. The number of aliphatic carboxylic acids is 1. The second kappa shape index (κ2) is 6.21. The highest BCUT2D eigenvalue weighted by molar-refractivity contribution is 5.78. The van der Waals surface area contributed by atoms with Crippen molar-refractivity contribution in [1.82, 2.24) is 4.90 Å². The minimum Gasteiger partial charge on any atom is -0.480 e. The number of carboxylic acid groups (broad SMARTS) is 1. The molecule has 0 aromatic carbocycles. The molecule has 0 spiro atoms. The van der Waals surface area contributed by atoms with Gasteiger partial charge in [-0.3, -0.25) is 9.69 Å². The van der Waals surface area contributed by atoms with Crippen molar-refractivity contribution >= 4 is 5.97 Å². The van der Waals surface area contributed by atoms with Gasteiger partial charge in [-0.25, -0.2) is 0 Å². The maximum absolute atomic E-state index is 11.4. The summed E-state index contributed by atoms with van der Waals surface area (Å²) in [5, 5.41) is 9.36. The largest absolute Gasteiger partial charge is 0.480 e. The van der Waals surface area contributed by atoms with Gasteiger partial charge in [-0.05, 0) is 33.2 Å². The molecule has 1 N–H and O–H groups in total. The molecule has 0 radical (unpaired) electrons. The zero-order valence-electron chi connectivity index (χ0n) is 11.3. The minimum atomic E-state index is -0.861. The molecule has 0 aromatic rings. The SMILES string of the molecule is COCCC(C)(C(=O)O)N(C)C(C)C(C)C. The Labute approximate surface area is 98.6 Å². The lowest BCUT2D eigenvalue weighted by molar-refractivity contribution is -0.153. The van der Waals surface area contributed by atoms with Crippen molar-refractivity contribution in [3.05, 3.63) is 0 Å². The van der Waals surface area contributed by atoms with Gasteiger partial charge in [0.1, 0.15) is 5.54 Å². The molecule has 0 heterocycles. The van der Waals surface area contributed by atoms with Crippen LogP contribution in [0.15, 0.2) is 0 Å². The first kappa shape index (κ1) is 15.4. The Kier molecular flexibility index (Phi) is 5.97. The smallest absolute Gasteiger partial charge is 0.323 e. The topological polar surface area (TPSA) is 49.8 Å². The average molecular weight is 231 g/mol. The van der Waals surface area contributed by atoms with Gasteiger partial charge in [0.15, 0.2) is 0 Å². The van der Waals surface area contributed by atoms with Crippen molar-refractivity contribution in [2.75, 3.05) is 20.8 Å². The van der Waals surface area contributed by atoms with Gasteiger partial charge in [0, 0.05) is 19.8 Å². The first-order chi connectivity index (χ1) is 7.27. The van der Waals surface area contributed by atoms with Crippen LogP contribution < -0.4 is 0 Å². The molecule has 2 atom stereocenters. The van der Waals surface area contributed by atoms with Crippen molar-refractivity contribution in [1.29, 1.82) is 0 Å².